The van der Waals surface area contributed by atoms with Gasteiger partial charge in [0.1, 0.15) is 5.58 Å². The topological polar surface area (TPSA) is 88.4 Å². The fourth-order valence-corrected chi connectivity index (χ4v) is 3.49. The third kappa shape index (κ3) is 3.50. The Kier molecular flexibility index (Phi) is 4.75. The third-order valence-electron chi connectivity index (χ3n) is 3.55. The van der Waals surface area contributed by atoms with Gasteiger partial charge in [0.2, 0.25) is 0 Å². The number of nitrogens with one attached hydrogen (secondary N) is 2. The molecule has 0 fully saturated rings. The number of rotatable bonds is 4. The molecular weight excluding hydrogens is 387 g/mol. The van der Waals surface area contributed by atoms with Gasteiger partial charge >= 0.3 is 5.91 Å². The zero-order chi connectivity index (χ0) is 18.2. The van der Waals surface area contributed by atoms with Gasteiger partial charge in [-0.05, 0) is 31.2 Å². The van der Waals surface area contributed by atoms with E-state index in [1.165, 1.54) is 18.2 Å². The van der Waals surface area contributed by atoms with Crippen molar-refractivity contribution in [2.45, 2.75) is 11.8 Å². The summed E-state index contributed by atoms with van der Waals surface area (Å²) in [6.07, 6.45) is 0. The molecule has 25 heavy (non-hydrogen) atoms. The van der Waals surface area contributed by atoms with Gasteiger partial charge in [-0.25, -0.2) is 8.42 Å². The molecule has 2 aromatic carbocycles. The van der Waals surface area contributed by atoms with Gasteiger partial charge in [-0.15, -0.1) is 4.83 Å². The number of hydrazine groups is 1. The van der Waals surface area contributed by atoms with E-state index < -0.39 is 15.9 Å². The van der Waals surface area contributed by atoms with E-state index in [0.717, 1.165) is 5.39 Å². The Balaban J connectivity index is 1.81. The Morgan fingerprint density at radius 1 is 1.08 bits per heavy atom. The molecular formula is C16H12Cl2N2O4S. The first-order valence-corrected chi connectivity index (χ1v) is 9.29. The minimum Gasteiger partial charge on any atom is -0.451 e. The van der Waals surface area contributed by atoms with Crippen LogP contribution in [0.4, 0.5) is 0 Å². The van der Waals surface area contributed by atoms with Crippen molar-refractivity contribution in [2.24, 2.45) is 0 Å². The highest BCUT2D eigenvalue weighted by atomic mass is 35.5. The van der Waals surface area contributed by atoms with Crippen LogP contribution in [0.25, 0.3) is 11.0 Å². The largest absolute Gasteiger partial charge is 0.451 e. The average Bonchev–Trinajstić information content (AvgIpc) is 2.92. The molecule has 1 amide bonds. The summed E-state index contributed by atoms with van der Waals surface area (Å²) < 4.78 is 29.9. The molecule has 0 saturated carbocycles. The van der Waals surface area contributed by atoms with E-state index in [1.807, 2.05) is 17.0 Å². The molecule has 9 heteroatoms. The Morgan fingerprint density at radius 3 is 2.48 bits per heavy atom. The summed E-state index contributed by atoms with van der Waals surface area (Å²) in [5.74, 6) is -0.685. The van der Waals surface area contributed by atoms with Gasteiger partial charge in [0.25, 0.3) is 10.0 Å². The number of hydrogen-bond donors (Lipinski definition) is 2. The number of fused-ring (bicyclic) bond motifs is 1. The summed E-state index contributed by atoms with van der Waals surface area (Å²) in [6.45, 7) is 1.72. The van der Waals surface area contributed by atoms with Crippen LogP contribution in [0.1, 0.15) is 16.1 Å². The van der Waals surface area contributed by atoms with E-state index in [1.54, 1.807) is 19.1 Å². The molecule has 3 aromatic rings. The predicted molar refractivity (Wildman–Crippen MR) is 95.2 cm³/mol. The van der Waals surface area contributed by atoms with Crippen LogP contribution in [-0.2, 0) is 10.0 Å². The molecule has 0 spiro atoms. The van der Waals surface area contributed by atoms with Crippen LogP contribution < -0.4 is 10.3 Å². The van der Waals surface area contributed by atoms with Crippen molar-refractivity contribution in [3.8, 4) is 0 Å². The Morgan fingerprint density at radius 2 is 1.80 bits per heavy atom. The third-order valence-corrected chi connectivity index (χ3v) is 5.53. The lowest BCUT2D eigenvalue weighted by molar-refractivity contribution is 0.0918. The van der Waals surface area contributed by atoms with Crippen LogP contribution in [0.15, 0.2) is 51.8 Å². The summed E-state index contributed by atoms with van der Waals surface area (Å²) in [5.41, 5.74) is 3.28. The minimum atomic E-state index is -4.01. The van der Waals surface area contributed by atoms with Crippen LogP contribution in [0, 0.1) is 6.92 Å². The number of amides is 1. The van der Waals surface area contributed by atoms with Crippen molar-refractivity contribution in [2.75, 3.05) is 0 Å². The van der Waals surface area contributed by atoms with E-state index in [-0.39, 0.29) is 20.7 Å². The van der Waals surface area contributed by atoms with Crippen molar-refractivity contribution in [3.63, 3.8) is 0 Å². The molecule has 3 rings (SSSR count). The minimum absolute atomic E-state index is 0.0260. The number of hydrogen-bond acceptors (Lipinski definition) is 4. The molecule has 0 aliphatic carbocycles. The number of halogens is 2. The second kappa shape index (κ2) is 6.68. The molecule has 0 unspecified atom stereocenters. The molecule has 2 N–H and O–H groups in total. The molecule has 0 bridgehead atoms. The molecule has 130 valence electrons. The SMILES string of the molecule is Cc1c(C(=O)NNS(=O)(=O)c2ccc(Cl)c(Cl)c2)oc2ccccc12. The van der Waals surface area contributed by atoms with Crippen molar-refractivity contribution < 1.29 is 17.6 Å². The van der Waals surface area contributed by atoms with E-state index in [2.05, 4.69) is 5.43 Å². The highest BCUT2D eigenvalue weighted by molar-refractivity contribution is 7.89. The molecule has 0 aliphatic heterocycles. The van der Waals surface area contributed by atoms with E-state index in [4.69, 9.17) is 27.6 Å². The van der Waals surface area contributed by atoms with Crippen LogP contribution >= 0.6 is 23.2 Å². The quantitative estimate of drug-likeness (QED) is 0.656. The first kappa shape index (κ1) is 17.8. The van der Waals surface area contributed by atoms with Gasteiger partial charge in [-0.2, -0.15) is 0 Å². The highest BCUT2D eigenvalue weighted by Crippen LogP contribution is 2.26. The fraction of sp³-hybridized carbons (Fsp3) is 0.0625. The summed E-state index contributed by atoms with van der Waals surface area (Å²) in [4.78, 5) is 14.1. The molecule has 6 nitrogen and oxygen atoms in total. The maximum Gasteiger partial charge on any atom is 0.302 e. The number of carbonyl (C=O) groups excluding carboxylic acids is 1. The zero-order valence-electron chi connectivity index (χ0n) is 12.8. The molecule has 1 heterocycles. The molecule has 0 atom stereocenters. The van der Waals surface area contributed by atoms with Crippen molar-refractivity contribution in [3.05, 3.63) is 63.8 Å². The second-order valence-electron chi connectivity index (χ2n) is 5.19. The zero-order valence-corrected chi connectivity index (χ0v) is 15.2. The number of furan rings is 1. The van der Waals surface area contributed by atoms with Crippen molar-refractivity contribution in [1.82, 2.24) is 10.3 Å². The van der Waals surface area contributed by atoms with Crippen LogP contribution in [0.5, 0.6) is 0 Å². The molecule has 0 saturated heterocycles. The fourth-order valence-electron chi connectivity index (χ4n) is 2.26. The van der Waals surface area contributed by atoms with Gasteiger partial charge in [0.05, 0.1) is 14.9 Å². The first-order chi connectivity index (χ1) is 11.8. The lowest BCUT2D eigenvalue weighted by Crippen LogP contribution is -2.41. The maximum atomic E-state index is 12.3. The number of para-hydroxylation sites is 1. The summed E-state index contributed by atoms with van der Waals surface area (Å²) in [5, 5.41) is 1.09. The number of carbonyl (C=O) groups is 1. The normalized spacial score (nSPS) is 11.6. The summed E-state index contributed by atoms with van der Waals surface area (Å²) in [6, 6.07) is 10.9. The molecule has 1 aromatic heterocycles. The molecule has 0 aliphatic rings. The number of aryl methyl sites for hydroxylation is 1. The lowest BCUT2D eigenvalue weighted by Gasteiger charge is -2.08. The predicted octanol–water partition coefficient (Wildman–Crippen LogP) is 3.67. The monoisotopic (exact) mass is 398 g/mol. The second-order valence-corrected chi connectivity index (χ2v) is 7.68. The van der Waals surface area contributed by atoms with Crippen LogP contribution in [-0.4, -0.2) is 14.3 Å². The van der Waals surface area contributed by atoms with E-state index in [0.29, 0.717) is 11.1 Å². The van der Waals surface area contributed by atoms with Gasteiger partial charge in [0.15, 0.2) is 5.76 Å². The molecule has 0 radical (unpaired) electrons. The summed E-state index contributed by atoms with van der Waals surface area (Å²) in [7, 11) is -4.01. The highest BCUT2D eigenvalue weighted by Gasteiger charge is 2.21. The van der Waals surface area contributed by atoms with Gasteiger partial charge in [0, 0.05) is 10.9 Å². The standard InChI is InChI=1S/C16H12Cl2N2O4S/c1-9-11-4-2-3-5-14(11)24-15(9)16(21)19-20-25(22,23)10-6-7-12(17)13(18)8-10/h2-8,20H,1H3,(H,19,21). The maximum absolute atomic E-state index is 12.3. The van der Waals surface area contributed by atoms with E-state index >= 15 is 0 Å². The Hall–Kier alpha value is -2.06. The lowest BCUT2D eigenvalue weighted by atomic mass is 10.1. The first-order valence-electron chi connectivity index (χ1n) is 7.05. The Labute approximate surface area is 153 Å². The summed E-state index contributed by atoms with van der Waals surface area (Å²) >= 11 is 11.6. The van der Waals surface area contributed by atoms with Gasteiger partial charge < -0.3 is 4.42 Å². The van der Waals surface area contributed by atoms with Crippen molar-refractivity contribution in [1.29, 1.82) is 0 Å². The number of benzene rings is 2. The number of sulfonamides is 1. The Bertz CT molecular complexity index is 1080. The van der Waals surface area contributed by atoms with Crippen LogP contribution in [0.2, 0.25) is 10.0 Å². The van der Waals surface area contributed by atoms with Crippen molar-refractivity contribution >= 4 is 50.1 Å². The van der Waals surface area contributed by atoms with Gasteiger partial charge in [-0.3, -0.25) is 10.2 Å². The van der Waals surface area contributed by atoms with Gasteiger partial charge in [-0.1, -0.05) is 41.4 Å². The van der Waals surface area contributed by atoms with Crippen LogP contribution in [0.3, 0.4) is 0 Å². The van der Waals surface area contributed by atoms with E-state index in [9.17, 15) is 13.2 Å². The average molecular weight is 399 g/mol. The smallest absolute Gasteiger partial charge is 0.302 e.